The van der Waals surface area contributed by atoms with Crippen molar-refractivity contribution in [1.29, 1.82) is 0 Å². The fourth-order valence-electron chi connectivity index (χ4n) is 3.91. The second-order valence-electron chi connectivity index (χ2n) is 7.62. The van der Waals surface area contributed by atoms with E-state index in [1.165, 1.54) is 6.33 Å². The fraction of sp³-hybridized carbons (Fsp3) is 0.360. The number of aromatic amines is 1. The summed E-state index contributed by atoms with van der Waals surface area (Å²) >= 11 is 0. The number of methoxy groups -OCH3 is 1. The van der Waals surface area contributed by atoms with E-state index in [0.29, 0.717) is 45.8 Å². The fourth-order valence-corrected chi connectivity index (χ4v) is 3.91. The Kier molecular flexibility index (Phi) is 7.24. The van der Waals surface area contributed by atoms with Gasteiger partial charge in [-0.2, -0.15) is 0 Å². The van der Waals surface area contributed by atoms with Crippen molar-refractivity contribution in [2.45, 2.75) is 26.7 Å². The van der Waals surface area contributed by atoms with Gasteiger partial charge in [-0.3, -0.25) is 0 Å². The van der Waals surface area contributed by atoms with E-state index in [1.54, 1.807) is 43.6 Å². The van der Waals surface area contributed by atoms with Gasteiger partial charge in [-0.1, -0.05) is 13.8 Å². The van der Waals surface area contributed by atoms with Crippen molar-refractivity contribution in [2.24, 2.45) is 5.92 Å². The highest BCUT2D eigenvalue weighted by atomic mass is 19.1. The van der Waals surface area contributed by atoms with Crippen LogP contribution in [0.4, 0.5) is 4.39 Å². The number of halogens is 1. The molecule has 0 radical (unpaired) electrons. The van der Waals surface area contributed by atoms with Crippen LogP contribution in [0.3, 0.4) is 0 Å². The smallest absolute Gasteiger partial charge is 0.230 e. The summed E-state index contributed by atoms with van der Waals surface area (Å²) in [4.78, 5) is 11.5. The monoisotopic (exact) mass is 452 g/mol. The summed E-state index contributed by atoms with van der Waals surface area (Å²) in [6, 6.07) is 8.62. The van der Waals surface area contributed by atoms with Crippen molar-refractivity contribution >= 4 is 21.8 Å². The summed E-state index contributed by atoms with van der Waals surface area (Å²) in [7, 11) is 1.60. The molecule has 2 aromatic carbocycles. The molecule has 5 rings (SSSR count). The first-order valence-electron chi connectivity index (χ1n) is 11.3. The molecule has 0 aliphatic carbocycles. The average Bonchev–Trinajstić information content (AvgIpc) is 3.36. The third-order valence-corrected chi connectivity index (χ3v) is 5.66. The maximum Gasteiger partial charge on any atom is 0.230 e. The second-order valence-corrected chi connectivity index (χ2v) is 7.62. The molecular formula is C25H29FN4O3. The molecule has 4 aromatic rings. The minimum Gasteiger partial charge on any atom is -0.493 e. The molecule has 2 N–H and O–H groups in total. The molecule has 0 amide bonds. The number of piperidine rings is 1. The summed E-state index contributed by atoms with van der Waals surface area (Å²) < 4.78 is 32.4. The van der Waals surface area contributed by atoms with Crippen molar-refractivity contribution in [3.05, 3.63) is 48.7 Å². The normalized spacial score (nSPS) is 14.1. The third-order valence-electron chi connectivity index (χ3n) is 5.66. The van der Waals surface area contributed by atoms with Gasteiger partial charge in [0.15, 0.2) is 23.1 Å². The number of nitrogens with one attached hydrogen (secondary N) is 2. The van der Waals surface area contributed by atoms with E-state index >= 15 is 0 Å². The molecule has 0 bridgehead atoms. The lowest BCUT2D eigenvalue weighted by molar-refractivity contribution is 0.208. The van der Waals surface area contributed by atoms with Gasteiger partial charge in [-0.15, -0.1) is 0 Å². The molecule has 2 aromatic heterocycles. The molecule has 0 unspecified atom stereocenters. The van der Waals surface area contributed by atoms with Gasteiger partial charge in [0.2, 0.25) is 5.88 Å². The van der Waals surface area contributed by atoms with Crippen LogP contribution in [0.15, 0.2) is 42.9 Å². The highest BCUT2D eigenvalue weighted by molar-refractivity contribution is 5.87. The summed E-state index contributed by atoms with van der Waals surface area (Å²) in [6.45, 7) is 6.61. The average molecular weight is 453 g/mol. The number of aromatic nitrogens is 3. The minimum atomic E-state index is -0.443. The zero-order valence-corrected chi connectivity index (χ0v) is 19.2. The highest BCUT2D eigenvalue weighted by Crippen LogP contribution is 2.37. The number of hydrogen-bond acceptors (Lipinski definition) is 6. The van der Waals surface area contributed by atoms with Crippen LogP contribution < -0.4 is 19.5 Å². The summed E-state index contributed by atoms with van der Waals surface area (Å²) in [5.41, 5.74) is 1.33. The first-order chi connectivity index (χ1) is 16.2. The lowest BCUT2D eigenvalue weighted by Crippen LogP contribution is -2.30. The van der Waals surface area contributed by atoms with E-state index in [4.69, 9.17) is 14.2 Å². The quantitative estimate of drug-likeness (QED) is 0.405. The number of hydrogen-bond donors (Lipinski definition) is 2. The largest absolute Gasteiger partial charge is 0.493 e. The van der Waals surface area contributed by atoms with E-state index in [2.05, 4.69) is 20.3 Å². The van der Waals surface area contributed by atoms with Crippen LogP contribution in [0.1, 0.15) is 26.7 Å². The van der Waals surface area contributed by atoms with Crippen molar-refractivity contribution < 1.29 is 18.6 Å². The lowest BCUT2D eigenvalue weighted by Gasteiger charge is -2.23. The predicted octanol–water partition coefficient (Wildman–Crippen LogP) is 5.46. The Labute approximate surface area is 192 Å². The number of ether oxygens (including phenoxy) is 3. The van der Waals surface area contributed by atoms with E-state index in [-0.39, 0.29) is 11.6 Å². The first kappa shape index (κ1) is 22.8. The van der Waals surface area contributed by atoms with Crippen LogP contribution >= 0.6 is 0 Å². The van der Waals surface area contributed by atoms with Gasteiger partial charge in [-0.05, 0) is 56.1 Å². The van der Waals surface area contributed by atoms with Gasteiger partial charge in [0.05, 0.1) is 24.6 Å². The van der Waals surface area contributed by atoms with Crippen molar-refractivity contribution in [2.75, 3.05) is 26.8 Å². The molecule has 33 heavy (non-hydrogen) atoms. The number of fused-ring (bicyclic) bond motifs is 2. The van der Waals surface area contributed by atoms with Gasteiger partial charge >= 0.3 is 0 Å². The van der Waals surface area contributed by atoms with E-state index in [0.717, 1.165) is 25.9 Å². The van der Waals surface area contributed by atoms with Crippen LogP contribution in [0, 0.1) is 11.7 Å². The minimum absolute atomic E-state index is 0.0973. The van der Waals surface area contributed by atoms with Crippen LogP contribution in [-0.2, 0) is 0 Å². The maximum atomic E-state index is 14.9. The number of H-pyrrole nitrogens is 1. The molecule has 3 heterocycles. The number of benzene rings is 2. The standard InChI is InChI=1S/C23H23FN4O3.C2H6/c1-29-20-11-18-16(10-21(20)30-12-14-4-7-25-8-5-14)23(28-13-27-18)31-19-3-2-17-15(22(19)24)6-9-26-17;1-2/h2-3,6,9-11,13-14,25-26H,4-5,7-8,12H2,1H3;1-2H3. The zero-order valence-electron chi connectivity index (χ0n) is 19.2. The Hall–Kier alpha value is -3.39. The molecule has 0 saturated carbocycles. The number of rotatable bonds is 6. The molecular weight excluding hydrogens is 423 g/mol. The molecule has 1 aliphatic rings. The molecule has 1 aliphatic heterocycles. The second kappa shape index (κ2) is 10.5. The van der Waals surface area contributed by atoms with Crippen LogP contribution in [-0.4, -0.2) is 41.8 Å². The molecule has 1 saturated heterocycles. The van der Waals surface area contributed by atoms with E-state index in [1.807, 2.05) is 13.8 Å². The van der Waals surface area contributed by atoms with Gasteiger partial charge in [0.1, 0.15) is 6.33 Å². The van der Waals surface area contributed by atoms with Crippen LogP contribution in [0.5, 0.6) is 23.1 Å². The maximum absolute atomic E-state index is 14.9. The summed E-state index contributed by atoms with van der Waals surface area (Å²) in [6.07, 6.45) is 5.23. The summed E-state index contributed by atoms with van der Waals surface area (Å²) in [5, 5.41) is 4.44. The third kappa shape index (κ3) is 4.85. The molecule has 0 atom stereocenters. The Morgan fingerprint density at radius 3 is 2.61 bits per heavy atom. The molecule has 8 heteroatoms. The Balaban J connectivity index is 0.00000126. The van der Waals surface area contributed by atoms with E-state index < -0.39 is 5.82 Å². The first-order valence-corrected chi connectivity index (χ1v) is 11.3. The molecule has 1 fully saturated rings. The lowest BCUT2D eigenvalue weighted by atomic mass is 9.99. The molecule has 174 valence electrons. The zero-order chi connectivity index (χ0) is 23.2. The van der Waals surface area contributed by atoms with Crippen molar-refractivity contribution in [3.8, 4) is 23.1 Å². The Bertz CT molecular complexity index is 1220. The van der Waals surface area contributed by atoms with Crippen molar-refractivity contribution in [3.63, 3.8) is 0 Å². The molecule has 7 nitrogen and oxygen atoms in total. The van der Waals surface area contributed by atoms with E-state index in [9.17, 15) is 4.39 Å². The van der Waals surface area contributed by atoms with Gasteiger partial charge in [0.25, 0.3) is 0 Å². The number of nitrogens with zero attached hydrogens (tertiary/aromatic N) is 2. The highest BCUT2D eigenvalue weighted by Gasteiger charge is 2.18. The van der Waals surface area contributed by atoms with Crippen molar-refractivity contribution in [1.82, 2.24) is 20.3 Å². The Morgan fingerprint density at radius 2 is 1.82 bits per heavy atom. The Morgan fingerprint density at radius 1 is 1.00 bits per heavy atom. The van der Waals surface area contributed by atoms with Gasteiger partial charge < -0.3 is 24.5 Å². The topological polar surface area (TPSA) is 81.3 Å². The van der Waals surface area contributed by atoms with Gasteiger partial charge in [0, 0.05) is 23.2 Å². The van der Waals surface area contributed by atoms with Crippen LogP contribution in [0.2, 0.25) is 0 Å². The van der Waals surface area contributed by atoms with Crippen LogP contribution in [0.25, 0.3) is 21.8 Å². The molecule has 0 spiro atoms. The SMILES string of the molecule is CC.COc1cc2ncnc(Oc3ccc4[nH]ccc4c3F)c2cc1OCC1CCNCC1. The predicted molar refractivity (Wildman–Crippen MR) is 127 cm³/mol. The summed E-state index contributed by atoms with van der Waals surface area (Å²) in [5.74, 6) is 1.59. The van der Waals surface area contributed by atoms with Gasteiger partial charge in [-0.25, -0.2) is 14.4 Å².